The average molecular weight is 311 g/mol. The number of aromatic nitrogens is 1. The number of anilines is 1. The lowest BCUT2D eigenvalue weighted by atomic mass is 10.1. The van der Waals surface area contributed by atoms with E-state index < -0.39 is 0 Å². The second-order valence-electron chi connectivity index (χ2n) is 3.81. The van der Waals surface area contributed by atoms with E-state index in [1.807, 2.05) is 6.92 Å². The van der Waals surface area contributed by atoms with Crippen molar-refractivity contribution in [3.63, 3.8) is 0 Å². The first-order valence-electron chi connectivity index (χ1n) is 5.40. The molecule has 0 amide bonds. The molecule has 1 heterocycles. The van der Waals surface area contributed by atoms with Gasteiger partial charge in [-0.1, -0.05) is 15.9 Å². The molecule has 0 fully saturated rings. The number of rotatable bonds is 3. The number of hydrogen-bond acceptors (Lipinski definition) is 3. The first-order valence-corrected chi connectivity index (χ1v) is 6.19. The maximum absolute atomic E-state index is 13.2. The van der Waals surface area contributed by atoms with Crippen LogP contribution in [0.25, 0.3) is 0 Å². The zero-order valence-electron chi connectivity index (χ0n) is 9.73. The predicted molar refractivity (Wildman–Crippen MR) is 71.8 cm³/mol. The van der Waals surface area contributed by atoms with Crippen LogP contribution in [-0.2, 0) is 0 Å². The van der Waals surface area contributed by atoms with Crippen LogP contribution in [0.2, 0.25) is 0 Å². The second-order valence-corrected chi connectivity index (χ2v) is 4.67. The molecule has 1 unspecified atom stereocenters. The normalized spacial score (nSPS) is 12.2. The number of nitrogens with zero attached hydrogens (tertiary/aromatic N) is 1. The number of nitrogen functional groups attached to an aromatic ring is 1. The van der Waals surface area contributed by atoms with Gasteiger partial charge >= 0.3 is 0 Å². The lowest BCUT2D eigenvalue weighted by Crippen LogP contribution is -2.06. The summed E-state index contributed by atoms with van der Waals surface area (Å²) in [6.45, 7) is 1.83. The number of ether oxygens (including phenoxy) is 1. The zero-order valence-corrected chi connectivity index (χ0v) is 11.3. The Bertz CT molecular complexity index is 562. The second kappa shape index (κ2) is 5.35. The molecule has 2 aromatic rings. The smallest absolute Gasteiger partial charge is 0.166 e. The summed E-state index contributed by atoms with van der Waals surface area (Å²) in [5.41, 5.74) is 6.41. The van der Waals surface area contributed by atoms with Gasteiger partial charge in [0.25, 0.3) is 0 Å². The highest BCUT2D eigenvalue weighted by Crippen LogP contribution is 2.29. The molecule has 0 aliphatic rings. The molecular weight excluding hydrogens is 299 g/mol. The van der Waals surface area contributed by atoms with Crippen molar-refractivity contribution in [2.75, 3.05) is 5.73 Å². The van der Waals surface area contributed by atoms with Gasteiger partial charge in [0.05, 0.1) is 0 Å². The van der Waals surface area contributed by atoms with Crippen molar-refractivity contribution >= 4 is 21.7 Å². The Hall–Kier alpha value is -1.62. The maximum atomic E-state index is 13.2. The summed E-state index contributed by atoms with van der Waals surface area (Å²) < 4.78 is 19.7. The topological polar surface area (TPSA) is 48.1 Å². The van der Waals surface area contributed by atoms with Crippen LogP contribution in [0.15, 0.2) is 41.0 Å². The largest absolute Gasteiger partial charge is 0.482 e. The van der Waals surface area contributed by atoms with Gasteiger partial charge in [-0.3, -0.25) is 0 Å². The van der Waals surface area contributed by atoms with Crippen molar-refractivity contribution in [3.05, 3.63) is 52.4 Å². The number of benzene rings is 1. The van der Waals surface area contributed by atoms with Gasteiger partial charge in [0.2, 0.25) is 0 Å². The third-order valence-electron chi connectivity index (χ3n) is 2.50. The molecule has 0 bridgehead atoms. The highest BCUT2D eigenvalue weighted by Gasteiger charge is 2.13. The summed E-state index contributed by atoms with van der Waals surface area (Å²) >= 11 is 3.37. The third-order valence-corrected chi connectivity index (χ3v) is 3.22. The molecule has 2 rings (SSSR count). The maximum Gasteiger partial charge on any atom is 0.166 e. The average Bonchev–Trinajstić information content (AvgIpc) is 2.35. The van der Waals surface area contributed by atoms with E-state index in [1.165, 1.54) is 12.1 Å². The molecule has 0 radical (unpaired) electrons. The molecule has 0 aliphatic carbocycles. The fourth-order valence-electron chi connectivity index (χ4n) is 1.58. The monoisotopic (exact) mass is 310 g/mol. The molecule has 5 heteroatoms. The van der Waals surface area contributed by atoms with Crippen LogP contribution in [0.1, 0.15) is 18.6 Å². The SMILES string of the molecule is CC(Oc1cccnc1N)c1cc(F)ccc1Br. The van der Waals surface area contributed by atoms with Crippen molar-refractivity contribution in [1.82, 2.24) is 4.98 Å². The molecule has 1 atom stereocenters. The van der Waals surface area contributed by atoms with Crippen LogP contribution in [0, 0.1) is 5.82 Å². The molecule has 18 heavy (non-hydrogen) atoms. The minimum Gasteiger partial charge on any atom is -0.482 e. The van der Waals surface area contributed by atoms with Gasteiger partial charge in [0.15, 0.2) is 11.6 Å². The van der Waals surface area contributed by atoms with Crippen molar-refractivity contribution in [2.24, 2.45) is 0 Å². The Balaban J connectivity index is 2.25. The van der Waals surface area contributed by atoms with Crippen LogP contribution in [-0.4, -0.2) is 4.98 Å². The molecule has 3 nitrogen and oxygen atoms in total. The van der Waals surface area contributed by atoms with E-state index >= 15 is 0 Å². The van der Waals surface area contributed by atoms with Crippen molar-refractivity contribution < 1.29 is 9.13 Å². The summed E-state index contributed by atoms with van der Waals surface area (Å²) in [6.07, 6.45) is 1.26. The van der Waals surface area contributed by atoms with Gasteiger partial charge < -0.3 is 10.5 Å². The van der Waals surface area contributed by atoms with Crippen LogP contribution >= 0.6 is 15.9 Å². The fraction of sp³-hybridized carbons (Fsp3) is 0.154. The van der Waals surface area contributed by atoms with E-state index in [1.54, 1.807) is 24.4 Å². The number of nitrogens with two attached hydrogens (primary N) is 1. The van der Waals surface area contributed by atoms with Crippen molar-refractivity contribution in [3.8, 4) is 5.75 Å². The zero-order chi connectivity index (χ0) is 13.1. The summed E-state index contributed by atoms with van der Waals surface area (Å²) in [5.74, 6) is 0.501. The third kappa shape index (κ3) is 2.79. The molecule has 1 aromatic carbocycles. The molecule has 0 saturated heterocycles. The van der Waals surface area contributed by atoms with Crippen LogP contribution in [0.3, 0.4) is 0 Å². The van der Waals surface area contributed by atoms with E-state index in [-0.39, 0.29) is 11.9 Å². The van der Waals surface area contributed by atoms with Crippen LogP contribution < -0.4 is 10.5 Å². The van der Waals surface area contributed by atoms with Crippen LogP contribution in [0.4, 0.5) is 10.2 Å². The first kappa shape index (κ1) is 12.8. The van der Waals surface area contributed by atoms with Crippen LogP contribution in [0.5, 0.6) is 5.75 Å². The highest BCUT2D eigenvalue weighted by atomic mass is 79.9. The van der Waals surface area contributed by atoms with E-state index in [2.05, 4.69) is 20.9 Å². The van der Waals surface area contributed by atoms with Gasteiger partial charge in [-0.25, -0.2) is 9.37 Å². The molecule has 94 valence electrons. The number of hydrogen-bond donors (Lipinski definition) is 1. The lowest BCUT2D eigenvalue weighted by molar-refractivity contribution is 0.226. The molecule has 2 N–H and O–H groups in total. The highest BCUT2D eigenvalue weighted by molar-refractivity contribution is 9.10. The molecular formula is C13H12BrFN2O. The Labute approximate surface area is 113 Å². The lowest BCUT2D eigenvalue weighted by Gasteiger charge is -2.17. The Kier molecular flexibility index (Phi) is 3.81. The summed E-state index contributed by atoms with van der Waals surface area (Å²) in [6, 6.07) is 7.93. The minimum atomic E-state index is -0.332. The minimum absolute atomic E-state index is 0.303. The van der Waals surface area contributed by atoms with Gasteiger partial charge in [-0.2, -0.15) is 0 Å². The Morgan fingerprint density at radius 3 is 2.89 bits per heavy atom. The summed E-state index contributed by atoms with van der Waals surface area (Å²) in [7, 11) is 0. The van der Waals surface area contributed by atoms with Crippen molar-refractivity contribution in [2.45, 2.75) is 13.0 Å². The quantitative estimate of drug-likeness (QED) is 0.940. The van der Waals surface area contributed by atoms with E-state index in [0.29, 0.717) is 11.6 Å². The molecule has 0 spiro atoms. The Morgan fingerprint density at radius 2 is 2.17 bits per heavy atom. The standard InChI is InChI=1S/C13H12BrFN2O/c1-8(10-7-9(15)4-5-11(10)14)18-12-3-2-6-17-13(12)16/h2-8H,1H3,(H2,16,17). The Morgan fingerprint density at radius 1 is 1.39 bits per heavy atom. The van der Waals surface area contributed by atoms with E-state index in [0.717, 1.165) is 10.0 Å². The summed E-state index contributed by atoms with van der Waals surface area (Å²) in [5, 5.41) is 0. The van der Waals surface area contributed by atoms with Gasteiger partial charge in [-0.15, -0.1) is 0 Å². The number of pyridine rings is 1. The molecule has 0 saturated carbocycles. The predicted octanol–water partition coefficient (Wildman–Crippen LogP) is 3.71. The van der Waals surface area contributed by atoms with E-state index in [9.17, 15) is 4.39 Å². The van der Waals surface area contributed by atoms with Crippen molar-refractivity contribution in [1.29, 1.82) is 0 Å². The fourth-order valence-corrected chi connectivity index (χ4v) is 2.15. The first-order chi connectivity index (χ1) is 8.58. The molecule has 0 aliphatic heterocycles. The van der Waals surface area contributed by atoms with Gasteiger partial charge in [-0.05, 0) is 37.3 Å². The summed E-state index contributed by atoms with van der Waals surface area (Å²) in [4.78, 5) is 3.93. The molecule has 1 aromatic heterocycles. The van der Waals surface area contributed by atoms with Gasteiger partial charge in [0, 0.05) is 16.2 Å². The number of halogens is 2. The van der Waals surface area contributed by atoms with Gasteiger partial charge in [0.1, 0.15) is 11.9 Å². The van der Waals surface area contributed by atoms with E-state index in [4.69, 9.17) is 10.5 Å².